The van der Waals surface area contributed by atoms with E-state index in [0.29, 0.717) is 52.9 Å². The van der Waals surface area contributed by atoms with Gasteiger partial charge >= 0.3 is 0 Å². The summed E-state index contributed by atoms with van der Waals surface area (Å²) in [6.45, 7) is 3.13. The summed E-state index contributed by atoms with van der Waals surface area (Å²) in [7, 11) is 1.61. The van der Waals surface area contributed by atoms with Crippen LogP contribution in [0, 0.1) is 0 Å². The summed E-state index contributed by atoms with van der Waals surface area (Å²) in [4.78, 5) is 0. The number of halogens is 1. The van der Waals surface area contributed by atoms with Gasteiger partial charge in [0.2, 0.25) is 0 Å². The van der Waals surface area contributed by atoms with Crippen LogP contribution in [-0.4, -0.2) is 25.1 Å². The minimum absolute atomic E-state index is 0.307. The van der Waals surface area contributed by atoms with Crippen LogP contribution in [-0.2, 0) is 13.2 Å². The molecular weight excluding hydrogens is 462 g/mol. The number of hydrogen-bond donors (Lipinski definition) is 1. The van der Waals surface area contributed by atoms with E-state index in [4.69, 9.17) is 24.2 Å². The van der Waals surface area contributed by atoms with Gasteiger partial charge in [0, 0.05) is 5.56 Å². The van der Waals surface area contributed by atoms with Gasteiger partial charge in [-0.05, 0) is 58.2 Å². The number of nitrogens with zero attached hydrogens (tertiary/aromatic N) is 1. The molecule has 0 unspecified atom stereocenters. The Hall–Kier alpha value is -3.19. The zero-order valence-corrected chi connectivity index (χ0v) is 19.0. The van der Waals surface area contributed by atoms with Gasteiger partial charge in [0.25, 0.3) is 0 Å². The second-order valence-corrected chi connectivity index (χ2v) is 7.41. The van der Waals surface area contributed by atoms with Crippen LogP contribution < -0.4 is 18.9 Å². The molecule has 0 aliphatic rings. The molecule has 0 radical (unpaired) electrons. The van der Waals surface area contributed by atoms with Crippen LogP contribution in [0.5, 0.6) is 23.0 Å². The summed E-state index contributed by atoms with van der Waals surface area (Å²) < 4.78 is 23.8. The van der Waals surface area contributed by atoms with Crippen molar-refractivity contribution >= 4 is 22.1 Å². The SMILES string of the molecule is CCOc1cc(/C=N/O)cc(Br)c1OCc1ccc(OCc2ccccc2)c(OC)c1. The van der Waals surface area contributed by atoms with Gasteiger partial charge in [-0.15, -0.1) is 0 Å². The molecule has 3 rings (SSSR count). The average molecular weight is 486 g/mol. The molecule has 3 aromatic carbocycles. The molecular formula is C24H24BrNO5. The number of benzene rings is 3. The molecule has 6 nitrogen and oxygen atoms in total. The van der Waals surface area contributed by atoms with E-state index in [0.717, 1.165) is 11.1 Å². The van der Waals surface area contributed by atoms with Gasteiger partial charge in [-0.2, -0.15) is 0 Å². The summed E-state index contributed by atoms with van der Waals surface area (Å²) in [5.41, 5.74) is 2.69. The minimum Gasteiger partial charge on any atom is -0.493 e. The fourth-order valence-corrected chi connectivity index (χ4v) is 3.52. The maximum absolute atomic E-state index is 8.79. The fraction of sp³-hybridized carbons (Fsp3) is 0.208. The molecule has 0 bridgehead atoms. The van der Waals surface area contributed by atoms with E-state index in [1.807, 2.05) is 55.5 Å². The summed E-state index contributed by atoms with van der Waals surface area (Å²) in [6.07, 6.45) is 1.33. The molecule has 0 heterocycles. The van der Waals surface area contributed by atoms with E-state index in [2.05, 4.69) is 21.1 Å². The van der Waals surface area contributed by atoms with Gasteiger partial charge in [-0.25, -0.2) is 0 Å². The molecule has 0 aliphatic heterocycles. The minimum atomic E-state index is 0.307. The predicted molar refractivity (Wildman–Crippen MR) is 123 cm³/mol. The van der Waals surface area contributed by atoms with Gasteiger partial charge < -0.3 is 24.2 Å². The second-order valence-electron chi connectivity index (χ2n) is 6.56. The third-order valence-electron chi connectivity index (χ3n) is 4.39. The Morgan fingerprint density at radius 1 is 0.871 bits per heavy atom. The van der Waals surface area contributed by atoms with E-state index in [1.165, 1.54) is 6.21 Å². The zero-order chi connectivity index (χ0) is 22.1. The largest absolute Gasteiger partial charge is 0.493 e. The number of methoxy groups -OCH3 is 1. The first kappa shape index (κ1) is 22.5. The fourth-order valence-electron chi connectivity index (χ4n) is 2.94. The lowest BCUT2D eigenvalue weighted by atomic mass is 10.2. The molecule has 0 saturated heterocycles. The zero-order valence-electron chi connectivity index (χ0n) is 17.4. The molecule has 0 aromatic heterocycles. The normalized spacial score (nSPS) is 10.8. The van der Waals surface area contributed by atoms with E-state index in [1.54, 1.807) is 19.2 Å². The molecule has 162 valence electrons. The van der Waals surface area contributed by atoms with E-state index >= 15 is 0 Å². The smallest absolute Gasteiger partial charge is 0.175 e. The molecule has 1 N–H and O–H groups in total. The number of oxime groups is 1. The lowest BCUT2D eigenvalue weighted by Gasteiger charge is -2.16. The van der Waals surface area contributed by atoms with Crippen LogP contribution in [0.4, 0.5) is 0 Å². The van der Waals surface area contributed by atoms with Crippen molar-refractivity contribution in [3.05, 3.63) is 81.8 Å². The van der Waals surface area contributed by atoms with Crippen LogP contribution in [0.25, 0.3) is 0 Å². The molecule has 0 spiro atoms. The maximum atomic E-state index is 8.79. The highest BCUT2D eigenvalue weighted by molar-refractivity contribution is 9.10. The van der Waals surface area contributed by atoms with Gasteiger partial charge in [0.1, 0.15) is 13.2 Å². The number of ether oxygens (including phenoxy) is 4. The number of hydrogen-bond acceptors (Lipinski definition) is 6. The average Bonchev–Trinajstić information content (AvgIpc) is 2.78. The first-order valence-electron chi connectivity index (χ1n) is 9.74. The summed E-state index contributed by atoms with van der Waals surface area (Å²) >= 11 is 3.50. The Kier molecular flexibility index (Phi) is 8.18. The highest BCUT2D eigenvalue weighted by atomic mass is 79.9. The Bertz CT molecular complexity index is 1020. The molecule has 31 heavy (non-hydrogen) atoms. The van der Waals surface area contributed by atoms with Gasteiger partial charge in [-0.3, -0.25) is 0 Å². The van der Waals surface area contributed by atoms with Crippen LogP contribution in [0.2, 0.25) is 0 Å². The van der Waals surface area contributed by atoms with Crippen molar-refractivity contribution < 1.29 is 24.2 Å². The molecule has 3 aromatic rings. The highest BCUT2D eigenvalue weighted by Crippen LogP contribution is 2.37. The van der Waals surface area contributed by atoms with Crippen molar-refractivity contribution in [3.63, 3.8) is 0 Å². The monoisotopic (exact) mass is 485 g/mol. The highest BCUT2D eigenvalue weighted by Gasteiger charge is 2.13. The third kappa shape index (κ3) is 6.15. The van der Waals surface area contributed by atoms with Gasteiger partial charge in [0.05, 0.1) is 24.4 Å². The van der Waals surface area contributed by atoms with E-state index < -0.39 is 0 Å². The molecule has 0 fully saturated rings. The second kappa shape index (κ2) is 11.3. The third-order valence-corrected chi connectivity index (χ3v) is 4.98. The van der Waals surface area contributed by atoms with Gasteiger partial charge in [-0.1, -0.05) is 41.6 Å². The van der Waals surface area contributed by atoms with Crippen LogP contribution in [0.3, 0.4) is 0 Å². The van der Waals surface area contributed by atoms with Crippen LogP contribution in [0.15, 0.2) is 70.3 Å². The topological polar surface area (TPSA) is 69.5 Å². The molecule has 0 aliphatic carbocycles. The molecule has 0 saturated carbocycles. The lowest BCUT2D eigenvalue weighted by molar-refractivity contribution is 0.265. The van der Waals surface area contributed by atoms with Crippen molar-refractivity contribution in [2.45, 2.75) is 20.1 Å². The first-order chi connectivity index (χ1) is 15.1. The quantitative estimate of drug-likeness (QED) is 0.222. The van der Waals surface area contributed by atoms with Crippen molar-refractivity contribution in [3.8, 4) is 23.0 Å². The Balaban J connectivity index is 1.73. The van der Waals surface area contributed by atoms with Crippen molar-refractivity contribution in [2.24, 2.45) is 5.16 Å². The maximum Gasteiger partial charge on any atom is 0.175 e. The first-order valence-corrected chi connectivity index (χ1v) is 10.5. The van der Waals surface area contributed by atoms with Gasteiger partial charge in [0.15, 0.2) is 23.0 Å². The molecule has 0 atom stereocenters. The number of rotatable bonds is 10. The Morgan fingerprint density at radius 3 is 2.35 bits per heavy atom. The van der Waals surface area contributed by atoms with Crippen LogP contribution in [0.1, 0.15) is 23.6 Å². The Morgan fingerprint density at radius 2 is 1.65 bits per heavy atom. The summed E-state index contributed by atoms with van der Waals surface area (Å²) in [5.74, 6) is 2.43. The summed E-state index contributed by atoms with van der Waals surface area (Å²) in [5, 5.41) is 11.9. The Labute approximate surface area is 190 Å². The standard InChI is InChI=1S/C24H24BrNO5/c1-3-29-23-13-19(14-26-27)11-20(25)24(23)31-16-18-9-10-21(22(12-18)28-2)30-15-17-7-5-4-6-8-17/h4-14,27H,3,15-16H2,1-2H3/b26-14+. The summed E-state index contributed by atoms with van der Waals surface area (Å²) in [6, 6.07) is 19.2. The van der Waals surface area contributed by atoms with Crippen molar-refractivity contribution in [1.82, 2.24) is 0 Å². The van der Waals surface area contributed by atoms with E-state index in [-0.39, 0.29) is 0 Å². The van der Waals surface area contributed by atoms with Crippen molar-refractivity contribution in [1.29, 1.82) is 0 Å². The molecule has 0 amide bonds. The predicted octanol–water partition coefficient (Wildman–Crippen LogP) is 5.82. The van der Waals surface area contributed by atoms with E-state index in [9.17, 15) is 0 Å². The van der Waals surface area contributed by atoms with Crippen molar-refractivity contribution in [2.75, 3.05) is 13.7 Å². The lowest BCUT2D eigenvalue weighted by Crippen LogP contribution is -2.03. The van der Waals surface area contributed by atoms with Crippen LogP contribution >= 0.6 is 15.9 Å². The molecule has 7 heteroatoms.